The van der Waals surface area contributed by atoms with Gasteiger partial charge in [-0.2, -0.15) is 4.31 Å². The molecule has 0 spiro atoms. The lowest BCUT2D eigenvalue weighted by atomic mass is 9.86. The van der Waals surface area contributed by atoms with Gasteiger partial charge in [0, 0.05) is 50.9 Å². The summed E-state index contributed by atoms with van der Waals surface area (Å²) in [5.74, 6) is -1.79. The number of sulfonamides is 1. The number of hydrogen-bond acceptors (Lipinski definition) is 4. The second-order valence-corrected chi connectivity index (χ2v) is 12.7. The van der Waals surface area contributed by atoms with Crippen LogP contribution in [0.25, 0.3) is 11.0 Å². The lowest BCUT2D eigenvalue weighted by Crippen LogP contribution is -2.37. The summed E-state index contributed by atoms with van der Waals surface area (Å²) < 4.78 is 57.4. The lowest BCUT2D eigenvalue weighted by Gasteiger charge is -2.30. The van der Waals surface area contributed by atoms with Crippen molar-refractivity contribution in [3.63, 3.8) is 0 Å². The normalized spacial score (nSPS) is 22.4. The van der Waals surface area contributed by atoms with Crippen LogP contribution in [0.1, 0.15) is 65.6 Å². The van der Waals surface area contributed by atoms with Gasteiger partial charge in [-0.1, -0.05) is 20.8 Å². The first-order valence-electron chi connectivity index (χ1n) is 11.9. The zero-order valence-corrected chi connectivity index (χ0v) is 21.1. The van der Waals surface area contributed by atoms with E-state index in [0.29, 0.717) is 37.9 Å². The minimum Gasteiger partial charge on any atom is -0.352 e. The third-order valence-corrected chi connectivity index (χ3v) is 8.73. The maximum Gasteiger partial charge on any atom is 0.248 e. The number of alkyl halides is 2. The highest BCUT2D eigenvalue weighted by molar-refractivity contribution is 7.89. The molecule has 1 saturated heterocycles. The van der Waals surface area contributed by atoms with Crippen molar-refractivity contribution in [1.29, 1.82) is 0 Å². The van der Waals surface area contributed by atoms with E-state index in [4.69, 9.17) is 4.98 Å². The molecule has 1 amide bonds. The minimum absolute atomic E-state index is 0.0904. The maximum atomic E-state index is 13.6. The van der Waals surface area contributed by atoms with E-state index in [9.17, 15) is 22.0 Å². The standard InChI is InChI=1S/C24H34F2N4O3S/c1-16(31)27-18-9-12-29(15-18)34(32,33)19-5-6-21-20(13-19)28-22(23(2,3)4)30(21)14-17-7-10-24(25,26)11-8-17/h5-6,13,17-18H,7-12,14-15H2,1-4H3,(H,27,31). The summed E-state index contributed by atoms with van der Waals surface area (Å²) in [6.45, 7) is 8.74. The third-order valence-electron chi connectivity index (χ3n) is 6.86. The summed E-state index contributed by atoms with van der Waals surface area (Å²) >= 11 is 0. The van der Waals surface area contributed by atoms with Gasteiger partial charge in [0.2, 0.25) is 21.9 Å². The molecule has 2 heterocycles. The Hall–Kier alpha value is -2.07. The molecule has 2 aliphatic rings. The Kier molecular flexibility index (Phi) is 6.52. The van der Waals surface area contributed by atoms with Crippen LogP contribution in [-0.2, 0) is 26.8 Å². The van der Waals surface area contributed by atoms with Crippen molar-refractivity contribution in [2.45, 2.75) is 88.6 Å². The van der Waals surface area contributed by atoms with E-state index in [1.165, 1.54) is 11.2 Å². The third kappa shape index (κ3) is 5.12. The first-order valence-corrected chi connectivity index (χ1v) is 13.4. The summed E-state index contributed by atoms with van der Waals surface area (Å²) in [4.78, 5) is 16.3. The fraction of sp³-hybridized carbons (Fsp3) is 0.667. The van der Waals surface area contributed by atoms with Gasteiger partial charge in [-0.05, 0) is 43.4 Å². The van der Waals surface area contributed by atoms with E-state index >= 15 is 0 Å². The van der Waals surface area contributed by atoms with E-state index in [-0.39, 0.29) is 47.6 Å². The van der Waals surface area contributed by atoms with Gasteiger partial charge >= 0.3 is 0 Å². The molecule has 0 bridgehead atoms. The molecule has 1 unspecified atom stereocenters. The van der Waals surface area contributed by atoms with Gasteiger partial charge < -0.3 is 9.88 Å². The first-order chi connectivity index (χ1) is 15.8. The summed E-state index contributed by atoms with van der Waals surface area (Å²) in [7, 11) is -3.73. The van der Waals surface area contributed by atoms with Gasteiger partial charge in [-0.15, -0.1) is 0 Å². The van der Waals surface area contributed by atoms with E-state index in [1.54, 1.807) is 18.2 Å². The number of carbonyl (C=O) groups excluding carboxylic acids is 1. The molecule has 188 valence electrons. The van der Waals surface area contributed by atoms with Gasteiger partial charge in [0.15, 0.2) is 0 Å². The average Bonchev–Trinajstić information content (AvgIpc) is 3.34. The Labute approximate surface area is 200 Å². The summed E-state index contributed by atoms with van der Waals surface area (Å²) in [5, 5.41) is 2.79. The zero-order valence-electron chi connectivity index (χ0n) is 20.3. The number of amides is 1. The number of nitrogens with zero attached hydrogens (tertiary/aromatic N) is 3. The number of halogens is 2. The summed E-state index contributed by atoms with van der Waals surface area (Å²) in [6, 6.07) is 4.80. The van der Waals surface area contributed by atoms with Gasteiger partial charge in [-0.3, -0.25) is 4.79 Å². The molecule has 0 radical (unpaired) electrons. The predicted octanol–water partition coefficient (Wildman–Crippen LogP) is 4.06. The summed E-state index contributed by atoms with van der Waals surface area (Å²) in [5.41, 5.74) is 1.11. The van der Waals surface area contributed by atoms with Crippen molar-refractivity contribution in [3.05, 3.63) is 24.0 Å². The van der Waals surface area contributed by atoms with E-state index in [1.807, 2.05) is 20.8 Å². The molecule has 1 aromatic heterocycles. The molecule has 1 saturated carbocycles. The van der Waals surface area contributed by atoms with Crippen LogP contribution >= 0.6 is 0 Å². The molecule has 1 aromatic carbocycles. The van der Waals surface area contributed by atoms with Crippen molar-refractivity contribution in [1.82, 2.24) is 19.2 Å². The fourth-order valence-corrected chi connectivity index (χ4v) is 6.59. The van der Waals surface area contributed by atoms with Crippen LogP contribution < -0.4 is 5.32 Å². The summed E-state index contributed by atoms with van der Waals surface area (Å²) in [6.07, 6.45) is 1.32. The predicted molar refractivity (Wildman–Crippen MR) is 126 cm³/mol. The first kappa shape index (κ1) is 25.0. The molecule has 7 nitrogen and oxygen atoms in total. The van der Waals surface area contributed by atoms with E-state index in [2.05, 4.69) is 9.88 Å². The second kappa shape index (κ2) is 8.86. The lowest BCUT2D eigenvalue weighted by molar-refractivity contribution is -0.119. The van der Waals surface area contributed by atoms with E-state index in [0.717, 1.165) is 11.3 Å². The van der Waals surface area contributed by atoms with Gasteiger partial charge in [-0.25, -0.2) is 22.2 Å². The van der Waals surface area contributed by atoms with Crippen LogP contribution in [0.3, 0.4) is 0 Å². The van der Waals surface area contributed by atoms with Crippen molar-refractivity contribution >= 4 is 27.0 Å². The molecule has 1 atom stereocenters. The minimum atomic E-state index is -3.73. The number of nitrogens with one attached hydrogen (secondary N) is 1. The number of aromatic nitrogens is 2. The largest absolute Gasteiger partial charge is 0.352 e. The maximum absolute atomic E-state index is 13.6. The van der Waals surface area contributed by atoms with Crippen LogP contribution in [0.5, 0.6) is 0 Å². The average molecular weight is 497 g/mol. The molecular weight excluding hydrogens is 462 g/mol. The molecule has 1 N–H and O–H groups in total. The molecule has 34 heavy (non-hydrogen) atoms. The van der Waals surface area contributed by atoms with Crippen molar-refractivity contribution in [2.24, 2.45) is 5.92 Å². The van der Waals surface area contributed by atoms with Gasteiger partial charge in [0.1, 0.15) is 5.82 Å². The Balaban J connectivity index is 1.63. The Morgan fingerprint density at radius 1 is 1.21 bits per heavy atom. The molecule has 4 rings (SSSR count). The number of hydrogen-bond donors (Lipinski definition) is 1. The highest BCUT2D eigenvalue weighted by atomic mass is 32.2. The molecule has 10 heteroatoms. The second-order valence-electron chi connectivity index (χ2n) is 10.8. The van der Waals surface area contributed by atoms with Crippen LogP contribution in [0.2, 0.25) is 0 Å². The quantitative estimate of drug-likeness (QED) is 0.677. The van der Waals surface area contributed by atoms with Crippen LogP contribution in [0.15, 0.2) is 23.1 Å². The van der Waals surface area contributed by atoms with E-state index < -0.39 is 15.9 Å². The molecule has 1 aliphatic carbocycles. The van der Waals surface area contributed by atoms with Gasteiger partial charge in [0.05, 0.1) is 15.9 Å². The zero-order chi connectivity index (χ0) is 24.9. The Morgan fingerprint density at radius 2 is 1.88 bits per heavy atom. The Morgan fingerprint density at radius 3 is 2.50 bits per heavy atom. The van der Waals surface area contributed by atoms with Gasteiger partial charge in [0.25, 0.3) is 0 Å². The monoisotopic (exact) mass is 496 g/mol. The number of carbonyl (C=O) groups is 1. The fourth-order valence-electron chi connectivity index (χ4n) is 5.07. The highest BCUT2D eigenvalue weighted by Crippen LogP contribution is 2.38. The molecule has 2 aromatic rings. The highest BCUT2D eigenvalue weighted by Gasteiger charge is 2.36. The number of rotatable bonds is 5. The number of fused-ring (bicyclic) bond motifs is 1. The molecular formula is C24H34F2N4O3S. The molecule has 1 aliphatic heterocycles. The van der Waals surface area contributed by atoms with Crippen LogP contribution in [0, 0.1) is 5.92 Å². The number of imidazole rings is 1. The van der Waals surface area contributed by atoms with Crippen LogP contribution in [0.4, 0.5) is 8.78 Å². The molecule has 2 fully saturated rings. The van der Waals surface area contributed by atoms with Crippen molar-refractivity contribution < 1.29 is 22.0 Å². The SMILES string of the molecule is CC(=O)NC1CCN(S(=O)(=O)c2ccc3c(c2)nc(C(C)(C)C)n3CC2CCC(F)(F)CC2)C1. The topological polar surface area (TPSA) is 84.3 Å². The van der Waals surface area contributed by atoms with Crippen molar-refractivity contribution in [3.8, 4) is 0 Å². The van der Waals surface area contributed by atoms with Crippen LogP contribution in [-0.4, -0.2) is 53.2 Å². The Bertz CT molecular complexity index is 1180. The van der Waals surface area contributed by atoms with Crippen molar-refractivity contribution in [2.75, 3.05) is 13.1 Å². The number of benzene rings is 1. The smallest absolute Gasteiger partial charge is 0.248 e.